The van der Waals surface area contributed by atoms with E-state index in [0.29, 0.717) is 0 Å². The molecule has 0 nitrogen and oxygen atoms in total. The van der Waals surface area contributed by atoms with Gasteiger partial charge in [-0.05, 0) is 60.9 Å². The fourth-order valence-electron chi connectivity index (χ4n) is 2.42. The molecule has 0 saturated heterocycles. The normalized spacial score (nSPS) is 13.1. The predicted molar refractivity (Wildman–Crippen MR) is 70.6 cm³/mol. The number of fused-ring (bicyclic) bond motifs is 1. The minimum Gasteiger partial charge on any atom is -0.128 e. The van der Waals surface area contributed by atoms with Crippen molar-refractivity contribution in [3.05, 3.63) is 58.8 Å². The van der Waals surface area contributed by atoms with Crippen LogP contribution in [-0.4, -0.2) is 0 Å². The van der Waals surface area contributed by atoms with Crippen LogP contribution in [0.1, 0.15) is 35.6 Å². The van der Waals surface area contributed by atoms with Gasteiger partial charge in [0.15, 0.2) is 0 Å². The third-order valence-electron chi connectivity index (χ3n) is 3.10. The summed E-state index contributed by atoms with van der Waals surface area (Å²) in [4.78, 5) is 0. The van der Waals surface area contributed by atoms with Gasteiger partial charge in [-0.25, -0.2) is 0 Å². The zero-order valence-corrected chi connectivity index (χ0v) is 9.97. The maximum absolute atomic E-state index is 4.00. The first-order valence-corrected chi connectivity index (χ1v) is 5.85. The number of rotatable bonds is 3. The number of allylic oxidation sites excluding steroid dienone is 1. The van der Waals surface area contributed by atoms with Gasteiger partial charge in [0.05, 0.1) is 0 Å². The van der Waals surface area contributed by atoms with E-state index >= 15 is 0 Å². The van der Waals surface area contributed by atoms with E-state index in [1.54, 1.807) is 0 Å². The smallest absolute Gasteiger partial charge is 0.00663 e. The molecule has 0 fully saturated rings. The summed E-state index contributed by atoms with van der Waals surface area (Å²) >= 11 is 0. The summed E-state index contributed by atoms with van der Waals surface area (Å²) in [5.41, 5.74) is 9.75. The minimum atomic E-state index is 0.959. The lowest BCUT2D eigenvalue weighted by Gasteiger charge is -2.09. The van der Waals surface area contributed by atoms with Crippen LogP contribution in [0.5, 0.6) is 0 Å². The maximum Gasteiger partial charge on any atom is -0.00663 e. The molecule has 16 heavy (non-hydrogen) atoms. The van der Waals surface area contributed by atoms with Crippen molar-refractivity contribution in [3.8, 4) is 0 Å². The van der Waals surface area contributed by atoms with E-state index in [9.17, 15) is 0 Å². The Morgan fingerprint density at radius 2 is 2.06 bits per heavy atom. The second-order valence-electron chi connectivity index (χ2n) is 4.66. The van der Waals surface area contributed by atoms with Gasteiger partial charge in [-0.15, -0.1) is 5.73 Å². The van der Waals surface area contributed by atoms with Crippen LogP contribution in [0.4, 0.5) is 0 Å². The van der Waals surface area contributed by atoms with Crippen LogP contribution in [0.2, 0.25) is 0 Å². The van der Waals surface area contributed by atoms with Gasteiger partial charge in [0.2, 0.25) is 0 Å². The van der Waals surface area contributed by atoms with E-state index in [-0.39, 0.29) is 0 Å². The Balaban J connectivity index is 2.48. The Kier molecular flexibility index (Phi) is 3.12. The lowest BCUT2D eigenvalue weighted by molar-refractivity contribution is 0.911. The number of benzene rings is 1. The monoisotopic (exact) mass is 210 g/mol. The molecule has 1 aromatic rings. The van der Waals surface area contributed by atoms with Gasteiger partial charge in [0, 0.05) is 0 Å². The first-order chi connectivity index (χ1) is 7.70. The number of hydrogen-bond donors (Lipinski definition) is 0. The second-order valence-corrected chi connectivity index (χ2v) is 4.66. The summed E-state index contributed by atoms with van der Waals surface area (Å²) in [6, 6.07) is 4.65. The molecule has 0 saturated carbocycles. The molecular weight excluding hydrogens is 192 g/mol. The van der Waals surface area contributed by atoms with Gasteiger partial charge in [-0.2, -0.15) is 0 Å². The van der Waals surface area contributed by atoms with E-state index in [4.69, 9.17) is 0 Å². The molecule has 0 unspecified atom stereocenters. The highest BCUT2D eigenvalue weighted by Gasteiger charge is 2.13. The molecule has 1 aromatic carbocycles. The summed E-state index contributed by atoms with van der Waals surface area (Å²) in [6.07, 6.45) is 6.69. The second kappa shape index (κ2) is 4.55. The SMILES string of the molecule is C=C=Cc1cc2c(cc1CC(=C)C)CCC2. The zero-order valence-electron chi connectivity index (χ0n) is 9.97. The molecule has 0 heteroatoms. The molecule has 0 amide bonds. The number of hydrogen-bond acceptors (Lipinski definition) is 0. The van der Waals surface area contributed by atoms with Crippen LogP contribution in [0.25, 0.3) is 6.08 Å². The predicted octanol–water partition coefficient (Wildman–Crippen LogP) is 4.09. The van der Waals surface area contributed by atoms with Crippen molar-refractivity contribution in [2.24, 2.45) is 0 Å². The summed E-state index contributed by atoms with van der Waals surface area (Å²) in [5.74, 6) is 0. The van der Waals surface area contributed by atoms with Gasteiger partial charge < -0.3 is 0 Å². The first kappa shape index (κ1) is 11.0. The molecule has 0 heterocycles. The van der Waals surface area contributed by atoms with Crippen molar-refractivity contribution >= 4 is 6.08 Å². The Hall–Kier alpha value is -1.52. The van der Waals surface area contributed by atoms with E-state index in [0.717, 1.165) is 6.42 Å². The van der Waals surface area contributed by atoms with Crippen LogP contribution in [0, 0.1) is 0 Å². The lowest BCUT2D eigenvalue weighted by Crippen LogP contribution is -1.94. The van der Waals surface area contributed by atoms with Gasteiger partial charge >= 0.3 is 0 Å². The highest BCUT2D eigenvalue weighted by molar-refractivity contribution is 5.57. The fraction of sp³-hybridized carbons (Fsp3) is 0.312. The quantitative estimate of drug-likeness (QED) is 0.520. The molecule has 0 bridgehead atoms. The summed E-state index contributed by atoms with van der Waals surface area (Å²) in [5, 5.41) is 0. The Morgan fingerprint density at radius 3 is 2.69 bits per heavy atom. The lowest BCUT2D eigenvalue weighted by atomic mass is 9.96. The van der Waals surface area contributed by atoms with Crippen molar-refractivity contribution in [2.45, 2.75) is 32.6 Å². The van der Waals surface area contributed by atoms with Gasteiger partial charge in [0.1, 0.15) is 0 Å². The van der Waals surface area contributed by atoms with Crippen molar-refractivity contribution in [1.29, 1.82) is 0 Å². The van der Waals surface area contributed by atoms with E-state index in [1.165, 1.54) is 47.1 Å². The molecule has 0 atom stereocenters. The van der Waals surface area contributed by atoms with Crippen molar-refractivity contribution in [2.75, 3.05) is 0 Å². The highest BCUT2D eigenvalue weighted by atomic mass is 14.2. The van der Waals surface area contributed by atoms with Crippen LogP contribution in [0.15, 0.2) is 36.6 Å². The molecule has 82 valence electrons. The summed E-state index contributed by atoms with van der Waals surface area (Å²) in [6.45, 7) is 9.74. The Morgan fingerprint density at radius 1 is 1.38 bits per heavy atom. The molecule has 1 aliphatic rings. The molecule has 0 spiro atoms. The van der Waals surface area contributed by atoms with Crippen LogP contribution in [0.3, 0.4) is 0 Å². The van der Waals surface area contributed by atoms with E-state index in [1.807, 2.05) is 6.08 Å². The van der Waals surface area contributed by atoms with Gasteiger partial charge in [-0.3, -0.25) is 0 Å². The van der Waals surface area contributed by atoms with Crippen LogP contribution < -0.4 is 0 Å². The van der Waals surface area contributed by atoms with Crippen molar-refractivity contribution < 1.29 is 0 Å². The van der Waals surface area contributed by atoms with E-state index in [2.05, 4.69) is 37.9 Å². The molecular formula is C16H18. The topological polar surface area (TPSA) is 0 Å². The molecule has 0 aliphatic heterocycles. The van der Waals surface area contributed by atoms with Gasteiger partial charge in [0.25, 0.3) is 0 Å². The van der Waals surface area contributed by atoms with Crippen LogP contribution in [-0.2, 0) is 19.3 Å². The third kappa shape index (κ3) is 2.18. The molecule has 0 aromatic heterocycles. The molecule has 1 aliphatic carbocycles. The molecule has 2 rings (SSSR count). The maximum atomic E-state index is 4.00. The van der Waals surface area contributed by atoms with Crippen LogP contribution >= 0.6 is 0 Å². The summed E-state index contributed by atoms with van der Waals surface area (Å²) < 4.78 is 0. The minimum absolute atomic E-state index is 0.959. The average Bonchev–Trinajstić information content (AvgIpc) is 2.64. The Labute approximate surface area is 98.0 Å². The number of aryl methyl sites for hydroxylation is 2. The average molecular weight is 210 g/mol. The largest absolute Gasteiger partial charge is 0.128 e. The molecule has 0 radical (unpaired) electrons. The first-order valence-electron chi connectivity index (χ1n) is 5.85. The van der Waals surface area contributed by atoms with Crippen molar-refractivity contribution in [1.82, 2.24) is 0 Å². The van der Waals surface area contributed by atoms with Crippen molar-refractivity contribution in [3.63, 3.8) is 0 Å². The fourth-order valence-corrected chi connectivity index (χ4v) is 2.42. The molecule has 0 N–H and O–H groups in total. The highest BCUT2D eigenvalue weighted by Crippen LogP contribution is 2.27. The van der Waals surface area contributed by atoms with Gasteiger partial charge in [-0.1, -0.05) is 30.9 Å². The standard InChI is InChI=1S/C16H18/c1-4-6-13-10-14-7-5-8-15(14)11-16(13)9-12(2)3/h6,10-11H,1-2,5,7-9H2,3H3. The zero-order chi connectivity index (χ0) is 11.5. The Bertz CT molecular complexity index is 471. The third-order valence-corrected chi connectivity index (χ3v) is 3.10. The summed E-state index contributed by atoms with van der Waals surface area (Å²) in [7, 11) is 0. The van der Waals surface area contributed by atoms with E-state index < -0.39 is 0 Å².